The van der Waals surface area contributed by atoms with Crippen molar-refractivity contribution in [3.63, 3.8) is 0 Å². The summed E-state index contributed by atoms with van der Waals surface area (Å²) in [6.07, 6.45) is 0.710. The van der Waals surface area contributed by atoms with Gasteiger partial charge in [-0.1, -0.05) is 39.0 Å². The maximum absolute atomic E-state index is 11.9. The Bertz CT molecular complexity index is 595. The molecule has 2 rings (SSSR count). The molecule has 0 radical (unpaired) electrons. The molecule has 2 amide bonds. The molecule has 0 fully saturated rings. The summed E-state index contributed by atoms with van der Waals surface area (Å²) in [5.74, 6) is 0.702. The first-order valence-corrected chi connectivity index (χ1v) is 7.50. The number of para-hydroxylation sites is 1. The second-order valence-electron chi connectivity index (χ2n) is 6.72. The lowest BCUT2D eigenvalue weighted by Crippen LogP contribution is -2.45. The van der Waals surface area contributed by atoms with Gasteiger partial charge in [-0.2, -0.15) is 0 Å². The average Bonchev–Trinajstić information content (AvgIpc) is 2.85. The van der Waals surface area contributed by atoms with Gasteiger partial charge in [0.2, 0.25) is 0 Å². The molecular weight excluding hydrogens is 280 g/mol. The number of hydrogen-bond donors (Lipinski definition) is 3. The fraction of sp³-hybridized carbons (Fsp3) is 0.471. The number of carbonyl (C=O) groups excluding carboxylic acids is 1. The number of hydrogen-bond acceptors (Lipinski definition) is 3. The van der Waals surface area contributed by atoms with Gasteiger partial charge in [0.15, 0.2) is 0 Å². The summed E-state index contributed by atoms with van der Waals surface area (Å²) in [5, 5.41) is 15.9. The molecule has 5 heteroatoms. The first-order chi connectivity index (χ1) is 10.4. The van der Waals surface area contributed by atoms with Gasteiger partial charge in [0.1, 0.15) is 11.3 Å². The highest BCUT2D eigenvalue weighted by atomic mass is 16.3. The largest absolute Gasteiger partial charge is 0.459 e. The first kappa shape index (κ1) is 16.4. The van der Waals surface area contributed by atoms with Crippen molar-refractivity contribution in [1.82, 2.24) is 10.6 Å². The third kappa shape index (κ3) is 4.77. The van der Waals surface area contributed by atoms with E-state index in [2.05, 4.69) is 31.4 Å². The van der Waals surface area contributed by atoms with Crippen LogP contribution in [0.15, 0.2) is 34.7 Å². The van der Waals surface area contributed by atoms with Gasteiger partial charge in [0, 0.05) is 5.39 Å². The van der Waals surface area contributed by atoms with E-state index in [0.717, 1.165) is 11.0 Å². The highest BCUT2D eigenvalue weighted by molar-refractivity contribution is 5.78. The molecule has 5 nitrogen and oxygen atoms in total. The lowest BCUT2D eigenvalue weighted by molar-refractivity contribution is 0.190. The predicted octanol–water partition coefficient (Wildman–Crippen LogP) is 3.03. The maximum Gasteiger partial charge on any atom is 0.315 e. The van der Waals surface area contributed by atoms with Crippen molar-refractivity contribution < 1.29 is 14.3 Å². The van der Waals surface area contributed by atoms with Crippen molar-refractivity contribution in [3.8, 4) is 0 Å². The summed E-state index contributed by atoms with van der Waals surface area (Å²) in [6.45, 7) is 6.46. The molecule has 0 spiro atoms. The van der Waals surface area contributed by atoms with Gasteiger partial charge in [-0.15, -0.1) is 0 Å². The highest BCUT2D eigenvalue weighted by Gasteiger charge is 2.19. The van der Waals surface area contributed by atoms with E-state index in [9.17, 15) is 9.90 Å². The summed E-state index contributed by atoms with van der Waals surface area (Å²) in [5.41, 5.74) is 0.847. The molecule has 0 aliphatic carbocycles. The monoisotopic (exact) mass is 304 g/mol. The Morgan fingerprint density at radius 3 is 2.68 bits per heavy atom. The number of urea groups is 1. The van der Waals surface area contributed by atoms with Gasteiger partial charge >= 0.3 is 6.03 Å². The quantitative estimate of drug-likeness (QED) is 0.795. The molecule has 22 heavy (non-hydrogen) atoms. The summed E-state index contributed by atoms with van der Waals surface area (Å²) in [6, 6.07) is 9.07. The molecule has 120 valence electrons. The minimum atomic E-state index is -0.302. The standard InChI is InChI=1S/C17H24N2O3/c1-17(2,3)9-13(11-20)19-16(21)18-10-14-8-12-6-4-5-7-15(12)22-14/h4-8,13,20H,9-11H2,1-3H3,(H2,18,19,21). The number of nitrogens with one attached hydrogen (secondary N) is 2. The molecular formula is C17H24N2O3. The van der Waals surface area contributed by atoms with Crippen LogP contribution in [0.5, 0.6) is 0 Å². The van der Waals surface area contributed by atoms with Gasteiger partial charge in [0.25, 0.3) is 0 Å². The Balaban J connectivity index is 1.86. The number of benzene rings is 1. The molecule has 1 heterocycles. The normalized spacial score (nSPS) is 13.1. The van der Waals surface area contributed by atoms with Crippen LogP contribution in [0.1, 0.15) is 33.0 Å². The molecule has 3 N–H and O–H groups in total. The van der Waals surface area contributed by atoms with E-state index >= 15 is 0 Å². The molecule has 1 aromatic carbocycles. The van der Waals surface area contributed by atoms with Crippen LogP contribution in [0.3, 0.4) is 0 Å². The van der Waals surface area contributed by atoms with E-state index in [1.54, 1.807) is 0 Å². The van der Waals surface area contributed by atoms with E-state index < -0.39 is 0 Å². The smallest absolute Gasteiger partial charge is 0.315 e. The number of fused-ring (bicyclic) bond motifs is 1. The lowest BCUT2D eigenvalue weighted by Gasteiger charge is -2.25. The summed E-state index contributed by atoms with van der Waals surface area (Å²) < 4.78 is 5.64. The summed E-state index contributed by atoms with van der Waals surface area (Å²) >= 11 is 0. The number of rotatable bonds is 5. The number of carbonyl (C=O) groups is 1. The Labute approximate surface area is 130 Å². The van der Waals surface area contributed by atoms with Crippen LogP contribution in [0, 0.1) is 5.41 Å². The Kier molecular flexibility index (Phi) is 5.08. The van der Waals surface area contributed by atoms with Gasteiger partial charge < -0.3 is 20.2 Å². The summed E-state index contributed by atoms with van der Waals surface area (Å²) in [7, 11) is 0. The number of aliphatic hydroxyl groups is 1. The van der Waals surface area contributed by atoms with Crippen LogP contribution in [0.2, 0.25) is 0 Å². The molecule has 2 aromatic rings. The molecule has 0 saturated heterocycles. The zero-order valence-corrected chi connectivity index (χ0v) is 13.3. The van der Waals surface area contributed by atoms with Crippen molar-refractivity contribution >= 4 is 17.0 Å². The fourth-order valence-electron chi connectivity index (χ4n) is 2.43. The number of furan rings is 1. The molecule has 1 unspecified atom stereocenters. The van der Waals surface area contributed by atoms with Crippen LogP contribution in [-0.4, -0.2) is 23.8 Å². The van der Waals surface area contributed by atoms with Crippen molar-refractivity contribution in [3.05, 3.63) is 36.1 Å². The molecule has 0 bridgehead atoms. The molecule has 0 aliphatic heterocycles. The second kappa shape index (κ2) is 6.83. The minimum Gasteiger partial charge on any atom is -0.459 e. The zero-order chi connectivity index (χ0) is 16.2. The molecule has 1 atom stereocenters. The van der Waals surface area contributed by atoms with Gasteiger partial charge in [-0.25, -0.2) is 4.79 Å². The van der Waals surface area contributed by atoms with Crippen LogP contribution < -0.4 is 10.6 Å². The van der Waals surface area contributed by atoms with Gasteiger partial charge in [0.05, 0.1) is 19.2 Å². The fourth-order valence-corrected chi connectivity index (χ4v) is 2.43. The number of amides is 2. The Morgan fingerprint density at radius 1 is 1.32 bits per heavy atom. The highest BCUT2D eigenvalue weighted by Crippen LogP contribution is 2.21. The van der Waals surface area contributed by atoms with Crippen LogP contribution in [0.4, 0.5) is 4.79 Å². The van der Waals surface area contributed by atoms with Crippen molar-refractivity contribution in [2.24, 2.45) is 5.41 Å². The second-order valence-corrected chi connectivity index (χ2v) is 6.72. The van der Waals surface area contributed by atoms with Gasteiger partial charge in [-0.05, 0) is 24.0 Å². The third-order valence-corrected chi connectivity index (χ3v) is 3.31. The van der Waals surface area contributed by atoms with Crippen molar-refractivity contribution in [2.75, 3.05) is 6.61 Å². The van der Waals surface area contributed by atoms with Crippen molar-refractivity contribution in [2.45, 2.75) is 39.8 Å². The molecule has 0 aliphatic rings. The molecule has 1 aromatic heterocycles. The molecule has 0 saturated carbocycles. The Morgan fingerprint density at radius 2 is 2.05 bits per heavy atom. The summed E-state index contributed by atoms with van der Waals surface area (Å²) in [4.78, 5) is 11.9. The van der Waals surface area contributed by atoms with E-state index in [0.29, 0.717) is 18.7 Å². The van der Waals surface area contributed by atoms with E-state index in [4.69, 9.17) is 4.42 Å². The van der Waals surface area contributed by atoms with Crippen LogP contribution in [-0.2, 0) is 6.54 Å². The topological polar surface area (TPSA) is 74.5 Å². The zero-order valence-electron chi connectivity index (χ0n) is 13.3. The van der Waals surface area contributed by atoms with Crippen molar-refractivity contribution in [1.29, 1.82) is 0 Å². The van der Waals surface area contributed by atoms with E-state index in [1.165, 1.54) is 0 Å². The maximum atomic E-state index is 11.9. The SMILES string of the molecule is CC(C)(C)CC(CO)NC(=O)NCc1cc2ccccc2o1. The minimum absolute atomic E-state index is 0.0411. The van der Waals surface area contributed by atoms with E-state index in [1.807, 2.05) is 30.3 Å². The van der Waals surface area contributed by atoms with E-state index in [-0.39, 0.29) is 24.1 Å². The first-order valence-electron chi connectivity index (χ1n) is 7.50. The Hall–Kier alpha value is -2.01. The number of aliphatic hydroxyl groups excluding tert-OH is 1. The predicted molar refractivity (Wildman–Crippen MR) is 86.5 cm³/mol. The van der Waals surface area contributed by atoms with Crippen LogP contribution >= 0.6 is 0 Å². The van der Waals surface area contributed by atoms with Crippen LogP contribution in [0.25, 0.3) is 11.0 Å². The third-order valence-electron chi connectivity index (χ3n) is 3.31. The van der Waals surface area contributed by atoms with Gasteiger partial charge in [-0.3, -0.25) is 0 Å². The lowest BCUT2D eigenvalue weighted by atomic mass is 9.88. The average molecular weight is 304 g/mol.